The summed E-state index contributed by atoms with van der Waals surface area (Å²) in [5, 5.41) is 2.51. The molecule has 9 heteroatoms. The van der Waals surface area contributed by atoms with Crippen molar-refractivity contribution < 1.29 is 27.1 Å². The van der Waals surface area contributed by atoms with Gasteiger partial charge in [0.25, 0.3) is 11.9 Å². The lowest BCUT2D eigenvalue weighted by atomic mass is 10.2. The first kappa shape index (κ1) is 18.5. The number of rotatable bonds is 6. The number of carbonyl (C=O) groups excluding carboxylic acids is 1. The maximum absolute atomic E-state index is 13.8. The van der Waals surface area contributed by atoms with Gasteiger partial charge < -0.3 is 15.0 Å². The first-order chi connectivity index (χ1) is 11.9. The third-order valence-electron chi connectivity index (χ3n) is 3.39. The number of nitrogens with zero attached hydrogens (tertiary/aromatic N) is 2. The van der Waals surface area contributed by atoms with Gasteiger partial charge in [-0.15, -0.1) is 0 Å². The lowest BCUT2D eigenvalue weighted by molar-refractivity contribution is -0.115. The van der Waals surface area contributed by atoms with Crippen molar-refractivity contribution in [2.24, 2.45) is 0 Å². The molecule has 0 spiro atoms. The number of pyridine rings is 1. The second kappa shape index (κ2) is 7.82. The Balaban J connectivity index is 2.24. The van der Waals surface area contributed by atoms with Crippen LogP contribution < -0.4 is 15.0 Å². The fourth-order valence-corrected chi connectivity index (χ4v) is 2.21. The van der Waals surface area contributed by atoms with Gasteiger partial charge in [0.2, 0.25) is 17.5 Å². The van der Waals surface area contributed by atoms with Gasteiger partial charge in [0.05, 0.1) is 19.3 Å². The minimum atomic E-state index is -1.78. The number of ether oxygens (including phenoxy) is 1. The molecule has 2 rings (SSSR count). The van der Waals surface area contributed by atoms with Crippen LogP contribution in [0.15, 0.2) is 24.3 Å². The van der Waals surface area contributed by atoms with Gasteiger partial charge in [-0.1, -0.05) is 12.1 Å². The summed E-state index contributed by atoms with van der Waals surface area (Å²) < 4.78 is 59.3. The molecular weight excluding hydrogens is 342 g/mol. The van der Waals surface area contributed by atoms with Crippen LogP contribution in [-0.4, -0.2) is 31.1 Å². The third-order valence-corrected chi connectivity index (χ3v) is 3.39. The van der Waals surface area contributed by atoms with E-state index in [0.29, 0.717) is 11.4 Å². The van der Waals surface area contributed by atoms with Crippen molar-refractivity contribution >= 4 is 17.3 Å². The molecular formula is C16H15F4N3O2. The van der Waals surface area contributed by atoms with Crippen LogP contribution >= 0.6 is 0 Å². The number of methoxy groups -OCH3 is 1. The van der Waals surface area contributed by atoms with Crippen molar-refractivity contribution in [3.05, 3.63) is 47.8 Å². The topological polar surface area (TPSA) is 54.5 Å². The van der Waals surface area contributed by atoms with Crippen LogP contribution in [0.3, 0.4) is 0 Å². The number of halogens is 4. The average molecular weight is 357 g/mol. The first-order valence-corrected chi connectivity index (χ1v) is 7.26. The highest BCUT2D eigenvalue weighted by atomic mass is 19.2. The summed E-state index contributed by atoms with van der Waals surface area (Å²) in [4.78, 5) is 15.5. The summed E-state index contributed by atoms with van der Waals surface area (Å²) in [6.45, 7) is 0.868. The van der Waals surface area contributed by atoms with Crippen molar-refractivity contribution in [2.45, 2.75) is 6.92 Å². The van der Waals surface area contributed by atoms with E-state index in [2.05, 4.69) is 10.3 Å². The largest absolute Gasteiger partial charge is 0.495 e. The van der Waals surface area contributed by atoms with Gasteiger partial charge in [0.1, 0.15) is 11.4 Å². The number of amides is 1. The number of carbonyl (C=O) groups is 1. The van der Waals surface area contributed by atoms with E-state index in [1.54, 1.807) is 24.3 Å². The van der Waals surface area contributed by atoms with Gasteiger partial charge in [-0.05, 0) is 19.1 Å². The number of likely N-dealkylation sites (N-methyl/N-ethyl adjacent to an activating group) is 1. The molecule has 0 aliphatic rings. The van der Waals surface area contributed by atoms with Crippen LogP contribution in [0.2, 0.25) is 0 Å². The Morgan fingerprint density at radius 1 is 1.16 bits per heavy atom. The molecule has 0 saturated carbocycles. The lowest BCUT2D eigenvalue weighted by Crippen LogP contribution is -2.35. The second-order valence-electron chi connectivity index (χ2n) is 4.93. The van der Waals surface area contributed by atoms with Crippen LogP contribution in [-0.2, 0) is 4.79 Å². The van der Waals surface area contributed by atoms with Crippen LogP contribution in [0.5, 0.6) is 5.75 Å². The number of para-hydroxylation sites is 2. The fraction of sp³-hybridized carbons (Fsp3) is 0.250. The van der Waals surface area contributed by atoms with E-state index in [1.807, 2.05) is 0 Å². The highest BCUT2D eigenvalue weighted by Gasteiger charge is 2.26. The standard InChI is InChI=1S/C16H15F4N3O2/c1-3-23(14-12(17)15(19)22-16(20)13(14)18)8-11(24)21-9-6-4-5-7-10(9)25-2/h4-7H,3,8H2,1-2H3,(H,21,24). The molecule has 0 atom stereocenters. The van der Waals surface area contributed by atoms with E-state index in [1.165, 1.54) is 14.0 Å². The van der Waals surface area contributed by atoms with Gasteiger partial charge >= 0.3 is 0 Å². The van der Waals surface area contributed by atoms with Crippen molar-refractivity contribution in [3.63, 3.8) is 0 Å². The Morgan fingerprint density at radius 3 is 2.32 bits per heavy atom. The second-order valence-corrected chi connectivity index (χ2v) is 4.93. The molecule has 0 aliphatic carbocycles. The number of aromatic nitrogens is 1. The quantitative estimate of drug-likeness (QED) is 0.638. The maximum Gasteiger partial charge on any atom is 0.253 e. The Kier molecular flexibility index (Phi) is 5.79. The zero-order valence-electron chi connectivity index (χ0n) is 13.4. The Labute approximate surface area is 141 Å². The number of anilines is 2. The van der Waals surface area contributed by atoms with Gasteiger partial charge in [0.15, 0.2) is 0 Å². The molecule has 1 N–H and O–H groups in total. The van der Waals surface area contributed by atoms with Crippen LogP contribution in [0.4, 0.5) is 28.9 Å². The third kappa shape index (κ3) is 3.98. The van der Waals surface area contributed by atoms with Gasteiger partial charge in [-0.25, -0.2) is 0 Å². The minimum absolute atomic E-state index is 0.0733. The van der Waals surface area contributed by atoms with Crippen LogP contribution in [0, 0.1) is 23.5 Å². The molecule has 0 unspecified atom stereocenters. The summed E-state index contributed by atoms with van der Waals surface area (Å²) in [5.74, 6) is -7.15. The van der Waals surface area contributed by atoms with Gasteiger partial charge in [-0.2, -0.15) is 22.5 Å². The van der Waals surface area contributed by atoms with E-state index in [0.717, 1.165) is 4.90 Å². The maximum atomic E-state index is 13.8. The van der Waals surface area contributed by atoms with E-state index in [-0.39, 0.29) is 6.54 Å². The Bertz CT molecular complexity index is 760. The van der Waals surface area contributed by atoms with Crippen LogP contribution in [0.25, 0.3) is 0 Å². The van der Waals surface area contributed by atoms with Crippen molar-refractivity contribution in [3.8, 4) is 5.75 Å². The zero-order valence-corrected chi connectivity index (χ0v) is 13.4. The van der Waals surface area contributed by atoms with E-state index in [4.69, 9.17) is 4.74 Å². The number of hydrogen-bond acceptors (Lipinski definition) is 4. The summed E-state index contributed by atoms with van der Waals surface area (Å²) in [6, 6.07) is 6.53. The van der Waals surface area contributed by atoms with E-state index >= 15 is 0 Å². The van der Waals surface area contributed by atoms with Gasteiger partial charge in [0, 0.05) is 6.54 Å². The molecule has 1 aromatic heterocycles. The van der Waals surface area contributed by atoms with Gasteiger partial charge in [-0.3, -0.25) is 4.79 Å². The first-order valence-electron chi connectivity index (χ1n) is 7.26. The SMILES string of the molecule is CCN(CC(=O)Nc1ccccc1OC)c1c(F)c(F)nc(F)c1F. The smallest absolute Gasteiger partial charge is 0.253 e. The molecule has 1 aromatic carbocycles. The average Bonchev–Trinajstić information content (AvgIpc) is 2.59. The lowest BCUT2D eigenvalue weighted by Gasteiger charge is -2.23. The molecule has 5 nitrogen and oxygen atoms in total. The summed E-state index contributed by atoms with van der Waals surface area (Å²) >= 11 is 0. The number of nitrogens with one attached hydrogen (secondary N) is 1. The molecule has 0 bridgehead atoms. The monoisotopic (exact) mass is 357 g/mol. The summed E-state index contributed by atoms with van der Waals surface area (Å²) in [5.41, 5.74) is -0.637. The normalized spacial score (nSPS) is 10.5. The minimum Gasteiger partial charge on any atom is -0.495 e. The molecule has 25 heavy (non-hydrogen) atoms. The molecule has 1 heterocycles. The highest BCUT2D eigenvalue weighted by molar-refractivity contribution is 5.95. The fourth-order valence-electron chi connectivity index (χ4n) is 2.21. The molecule has 0 saturated heterocycles. The number of hydrogen-bond donors (Lipinski definition) is 1. The molecule has 1 amide bonds. The molecule has 2 aromatic rings. The van der Waals surface area contributed by atoms with Crippen molar-refractivity contribution in [1.29, 1.82) is 0 Å². The summed E-state index contributed by atoms with van der Waals surface area (Å²) in [7, 11) is 1.41. The molecule has 0 fully saturated rings. The zero-order chi connectivity index (χ0) is 18.6. The molecule has 0 radical (unpaired) electrons. The highest BCUT2D eigenvalue weighted by Crippen LogP contribution is 2.27. The molecule has 0 aliphatic heterocycles. The van der Waals surface area contributed by atoms with E-state index in [9.17, 15) is 22.4 Å². The summed E-state index contributed by atoms with van der Waals surface area (Å²) in [6.07, 6.45) is 0. The molecule has 134 valence electrons. The van der Waals surface area contributed by atoms with E-state index < -0.39 is 41.7 Å². The van der Waals surface area contributed by atoms with Crippen LogP contribution in [0.1, 0.15) is 6.92 Å². The number of benzene rings is 1. The predicted molar refractivity (Wildman–Crippen MR) is 83.6 cm³/mol. The van der Waals surface area contributed by atoms with Crippen molar-refractivity contribution in [1.82, 2.24) is 4.98 Å². The Morgan fingerprint density at radius 2 is 1.76 bits per heavy atom. The predicted octanol–water partition coefficient (Wildman–Crippen LogP) is 3.11. The van der Waals surface area contributed by atoms with Crippen molar-refractivity contribution in [2.75, 3.05) is 30.4 Å². The Hall–Kier alpha value is -2.84.